The summed E-state index contributed by atoms with van der Waals surface area (Å²) in [6.07, 6.45) is 1.04. The van der Waals surface area contributed by atoms with Gasteiger partial charge >= 0.3 is 0 Å². The van der Waals surface area contributed by atoms with Crippen LogP contribution in [0.3, 0.4) is 0 Å². The molecule has 2 rings (SSSR count). The molecule has 2 aromatic heterocycles. The van der Waals surface area contributed by atoms with Gasteiger partial charge in [0, 0.05) is 43.5 Å². The second-order valence-electron chi connectivity index (χ2n) is 5.82. The zero-order chi connectivity index (χ0) is 16.8. The Balaban J connectivity index is 0.00000288. The van der Waals surface area contributed by atoms with Crippen LogP contribution in [0.5, 0.6) is 0 Å². The molecule has 0 aliphatic rings. The maximum atomic E-state index is 5.26. The van der Waals surface area contributed by atoms with Gasteiger partial charge in [-0.1, -0.05) is 18.1 Å². The normalized spacial score (nSPS) is 12.6. The number of likely N-dealkylation sites (N-methyl/N-ethyl adjacent to an activating group) is 1. The second kappa shape index (κ2) is 10.0. The molecule has 0 amide bonds. The van der Waals surface area contributed by atoms with Crippen molar-refractivity contribution in [3.8, 4) is 0 Å². The Bertz CT molecular complexity index is 620. The number of aromatic nitrogens is 1. The molecule has 0 bridgehead atoms. The van der Waals surface area contributed by atoms with E-state index in [1.54, 1.807) is 11.3 Å². The van der Waals surface area contributed by atoms with Crippen LogP contribution in [0.25, 0.3) is 0 Å². The van der Waals surface area contributed by atoms with Crippen molar-refractivity contribution in [2.45, 2.75) is 33.1 Å². The number of hydrogen-bond donors (Lipinski definition) is 1. The van der Waals surface area contributed by atoms with Crippen molar-refractivity contribution in [2.75, 3.05) is 27.2 Å². The summed E-state index contributed by atoms with van der Waals surface area (Å²) in [7, 11) is 3.90. The lowest BCUT2D eigenvalue weighted by Crippen LogP contribution is -2.41. The molecule has 1 unspecified atom stereocenters. The van der Waals surface area contributed by atoms with Gasteiger partial charge in [0.05, 0.1) is 5.69 Å². The summed E-state index contributed by atoms with van der Waals surface area (Å²) in [6, 6.07) is 4.27. The average Bonchev–Trinajstić information content (AvgIpc) is 3.15. The van der Waals surface area contributed by atoms with Crippen molar-refractivity contribution in [2.24, 2.45) is 4.99 Å². The molecule has 7 heteroatoms. The first kappa shape index (κ1) is 21.0. The highest BCUT2D eigenvalue weighted by Crippen LogP contribution is 2.22. The lowest BCUT2D eigenvalue weighted by molar-refractivity contribution is 0.391. The van der Waals surface area contributed by atoms with Crippen molar-refractivity contribution >= 4 is 41.3 Å². The molecule has 0 radical (unpaired) electrons. The van der Waals surface area contributed by atoms with E-state index in [4.69, 9.17) is 4.52 Å². The predicted molar refractivity (Wildman–Crippen MR) is 112 cm³/mol. The minimum Gasteiger partial charge on any atom is -0.361 e. The minimum absolute atomic E-state index is 0. The number of nitrogens with zero attached hydrogens (tertiary/aromatic N) is 3. The Morgan fingerprint density at radius 1 is 1.46 bits per heavy atom. The number of thiophene rings is 1. The van der Waals surface area contributed by atoms with Crippen molar-refractivity contribution in [3.63, 3.8) is 0 Å². The van der Waals surface area contributed by atoms with Crippen LogP contribution in [-0.2, 0) is 6.42 Å². The molecule has 0 aromatic carbocycles. The first-order chi connectivity index (χ1) is 11.0. The molecule has 5 nitrogen and oxygen atoms in total. The summed E-state index contributed by atoms with van der Waals surface area (Å²) in [6.45, 7) is 7.88. The molecule has 0 saturated carbocycles. The lowest BCUT2D eigenvalue weighted by atomic mass is 10.00. The molecule has 1 N–H and O–H groups in total. The summed E-state index contributed by atoms with van der Waals surface area (Å²) >= 11 is 1.80. The molecule has 134 valence electrons. The fourth-order valence-electron chi connectivity index (χ4n) is 2.76. The Hall–Kier alpha value is -1.09. The number of rotatable bonds is 6. The van der Waals surface area contributed by atoms with Crippen LogP contribution in [0.1, 0.15) is 34.7 Å². The Labute approximate surface area is 165 Å². The van der Waals surface area contributed by atoms with Gasteiger partial charge in [-0.2, -0.15) is 0 Å². The van der Waals surface area contributed by atoms with E-state index in [0.29, 0.717) is 5.92 Å². The molecule has 0 spiro atoms. The molecular weight excluding hydrogens is 435 g/mol. The van der Waals surface area contributed by atoms with E-state index in [2.05, 4.69) is 51.8 Å². The highest BCUT2D eigenvalue weighted by molar-refractivity contribution is 14.0. The SMILES string of the molecule is CN=C(NCC(C)c1c(C)noc1C)N(C)CCc1cccs1.I. The van der Waals surface area contributed by atoms with E-state index in [-0.39, 0.29) is 24.0 Å². The maximum Gasteiger partial charge on any atom is 0.193 e. The van der Waals surface area contributed by atoms with Crippen molar-refractivity contribution in [1.82, 2.24) is 15.4 Å². The van der Waals surface area contributed by atoms with Crippen LogP contribution in [0, 0.1) is 13.8 Å². The highest BCUT2D eigenvalue weighted by Gasteiger charge is 2.17. The average molecular weight is 462 g/mol. The summed E-state index contributed by atoms with van der Waals surface area (Å²) in [5, 5.41) is 9.61. The van der Waals surface area contributed by atoms with Crippen LogP contribution in [-0.4, -0.2) is 43.2 Å². The van der Waals surface area contributed by atoms with Gasteiger partial charge < -0.3 is 14.7 Å². The molecule has 1 atom stereocenters. The van der Waals surface area contributed by atoms with Crippen molar-refractivity contribution in [1.29, 1.82) is 0 Å². The number of guanidine groups is 1. The molecule has 0 saturated heterocycles. The number of aryl methyl sites for hydroxylation is 2. The quantitative estimate of drug-likeness (QED) is 0.403. The van der Waals surface area contributed by atoms with Crippen molar-refractivity contribution < 1.29 is 4.52 Å². The van der Waals surface area contributed by atoms with Crippen LogP contribution < -0.4 is 5.32 Å². The molecule has 2 aromatic rings. The third-order valence-corrected chi connectivity index (χ3v) is 4.93. The molecule has 0 fully saturated rings. The van der Waals surface area contributed by atoms with Gasteiger partial charge in [-0.05, 0) is 31.7 Å². The van der Waals surface area contributed by atoms with Crippen LogP contribution in [0.2, 0.25) is 0 Å². The number of halogens is 1. The first-order valence-electron chi connectivity index (χ1n) is 7.89. The topological polar surface area (TPSA) is 53.7 Å². The summed E-state index contributed by atoms with van der Waals surface area (Å²) < 4.78 is 5.26. The second-order valence-corrected chi connectivity index (χ2v) is 6.85. The molecule has 2 heterocycles. The smallest absolute Gasteiger partial charge is 0.193 e. The van der Waals surface area contributed by atoms with E-state index < -0.39 is 0 Å². The van der Waals surface area contributed by atoms with Crippen molar-refractivity contribution in [3.05, 3.63) is 39.4 Å². The summed E-state index contributed by atoms with van der Waals surface area (Å²) in [5.41, 5.74) is 2.16. The standard InChI is InChI=1S/C17H26N4OS.HI/c1-12(16-13(2)20-22-14(16)3)11-19-17(18-4)21(5)9-8-15-7-6-10-23-15;/h6-7,10,12H,8-9,11H2,1-5H3,(H,18,19);1H. The van der Waals surface area contributed by atoms with Crippen LogP contribution in [0.4, 0.5) is 0 Å². The van der Waals surface area contributed by atoms with Gasteiger partial charge in [-0.3, -0.25) is 4.99 Å². The molecule has 0 aliphatic heterocycles. The molecular formula is C17H27IN4OS. The Morgan fingerprint density at radius 3 is 2.75 bits per heavy atom. The molecule has 0 aliphatic carbocycles. The first-order valence-corrected chi connectivity index (χ1v) is 8.77. The zero-order valence-corrected chi connectivity index (χ0v) is 18.1. The molecule has 24 heavy (non-hydrogen) atoms. The fraction of sp³-hybridized carbons (Fsp3) is 0.529. The van der Waals surface area contributed by atoms with Gasteiger partial charge in [0.15, 0.2) is 5.96 Å². The maximum absolute atomic E-state index is 5.26. The summed E-state index contributed by atoms with van der Waals surface area (Å²) in [4.78, 5) is 7.95. The number of nitrogens with one attached hydrogen (secondary N) is 1. The van der Waals surface area contributed by atoms with Crippen LogP contribution >= 0.6 is 35.3 Å². The number of aliphatic imine (C=N–C) groups is 1. The van der Waals surface area contributed by atoms with Gasteiger partial charge in [0.25, 0.3) is 0 Å². The lowest BCUT2D eigenvalue weighted by Gasteiger charge is -2.23. The highest BCUT2D eigenvalue weighted by atomic mass is 127. The Kier molecular flexibility index (Phi) is 8.75. The monoisotopic (exact) mass is 462 g/mol. The van der Waals surface area contributed by atoms with E-state index in [9.17, 15) is 0 Å². The van der Waals surface area contributed by atoms with E-state index in [0.717, 1.165) is 36.9 Å². The predicted octanol–water partition coefficient (Wildman–Crippen LogP) is 3.82. The largest absolute Gasteiger partial charge is 0.361 e. The summed E-state index contributed by atoms with van der Waals surface area (Å²) in [5.74, 6) is 2.14. The minimum atomic E-state index is 0. The van der Waals surface area contributed by atoms with E-state index in [1.165, 1.54) is 10.4 Å². The number of hydrogen-bond acceptors (Lipinski definition) is 4. The van der Waals surface area contributed by atoms with E-state index >= 15 is 0 Å². The third kappa shape index (κ3) is 5.47. The van der Waals surface area contributed by atoms with Crippen LogP contribution in [0.15, 0.2) is 27.0 Å². The van der Waals surface area contributed by atoms with Gasteiger partial charge in [0.1, 0.15) is 5.76 Å². The Morgan fingerprint density at radius 2 is 2.21 bits per heavy atom. The van der Waals surface area contributed by atoms with Gasteiger partial charge in [0.2, 0.25) is 0 Å². The van der Waals surface area contributed by atoms with Gasteiger partial charge in [-0.25, -0.2) is 0 Å². The fourth-order valence-corrected chi connectivity index (χ4v) is 3.46. The zero-order valence-electron chi connectivity index (χ0n) is 15.0. The third-order valence-electron chi connectivity index (χ3n) is 3.99. The van der Waals surface area contributed by atoms with E-state index in [1.807, 2.05) is 20.9 Å². The van der Waals surface area contributed by atoms with Gasteiger partial charge in [-0.15, -0.1) is 35.3 Å².